The molecule has 0 fully saturated rings. The van der Waals surface area contributed by atoms with Crippen LogP contribution in [-0.4, -0.2) is 0 Å². The minimum Gasteiger partial charge on any atom is -0.206 e. The van der Waals surface area contributed by atoms with Crippen molar-refractivity contribution < 1.29 is 17.6 Å². The summed E-state index contributed by atoms with van der Waals surface area (Å²) >= 11 is 0. The highest BCUT2D eigenvalue weighted by Crippen LogP contribution is 2.43. The number of hydrogen-bond acceptors (Lipinski definition) is 0. The molecular formula is C19H12F4. The summed E-state index contributed by atoms with van der Waals surface area (Å²) in [4.78, 5) is 0. The summed E-state index contributed by atoms with van der Waals surface area (Å²) in [5, 5.41) is 0. The monoisotopic (exact) mass is 316 g/mol. The van der Waals surface area contributed by atoms with Gasteiger partial charge in [0.15, 0.2) is 0 Å². The van der Waals surface area contributed by atoms with Gasteiger partial charge in [-0.3, -0.25) is 0 Å². The first-order valence-corrected chi connectivity index (χ1v) is 6.99. The largest absolute Gasteiger partial charge is 0.417 e. The zero-order chi connectivity index (χ0) is 16.4. The molecule has 0 N–H and O–H groups in total. The van der Waals surface area contributed by atoms with Gasteiger partial charge in [0.1, 0.15) is 5.82 Å². The average Bonchev–Trinajstić information content (AvgIpc) is 2.54. The van der Waals surface area contributed by atoms with Crippen LogP contribution in [0.1, 0.15) is 5.56 Å². The first-order chi connectivity index (χ1) is 11.0. The number of hydrogen-bond donors (Lipinski definition) is 0. The molecule has 0 amide bonds. The van der Waals surface area contributed by atoms with E-state index in [1.807, 2.05) is 0 Å². The van der Waals surface area contributed by atoms with Crippen LogP contribution in [0.2, 0.25) is 0 Å². The molecule has 0 saturated heterocycles. The van der Waals surface area contributed by atoms with Crippen LogP contribution in [-0.2, 0) is 6.18 Å². The summed E-state index contributed by atoms with van der Waals surface area (Å²) in [6, 6.07) is 18.0. The van der Waals surface area contributed by atoms with Gasteiger partial charge in [-0.15, -0.1) is 0 Å². The maximum atomic E-state index is 14.0. The van der Waals surface area contributed by atoms with Crippen molar-refractivity contribution in [3.8, 4) is 22.3 Å². The van der Waals surface area contributed by atoms with Crippen molar-refractivity contribution >= 4 is 0 Å². The van der Waals surface area contributed by atoms with E-state index in [1.165, 1.54) is 36.4 Å². The fourth-order valence-electron chi connectivity index (χ4n) is 2.62. The van der Waals surface area contributed by atoms with Gasteiger partial charge in [-0.1, -0.05) is 66.7 Å². The third kappa shape index (κ3) is 2.97. The lowest BCUT2D eigenvalue weighted by atomic mass is 9.91. The molecule has 23 heavy (non-hydrogen) atoms. The third-order valence-corrected chi connectivity index (χ3v) is 3.60. The van der Waals surface area contributed by atoms with Gasteiger partial charge in [0, 0.05) is 5.56 Å². The summed E-state index contributed by atoms with van der Waals surface area (Å²) in [5.74, 6) is -0.678. The maximum Gasteiger partial charge on any atom is 0.417 e. The van der Waals surface area contributed by atoms with E-state index in [0.717, 1.165) is 6.07 Å². The third-order valence-electron chi connectivity index (χ3n) is 3.60. The molecule has 0 nitrogen and oxygen atoms in total. The lowest BCUT2D eigenvalue weighted by molar-refractivity contribution is -0.136. The van der Waals surface area contributed by atoms with Crippen molar-refractivity contribution in [1.29, 1.82) is 0 Å². The highest BCUT2D eigenvalue weighted by Gasteiger charge is 2.37. The standard InChI is InChI=1S/C19H12F4/c20-17-12-5-4-9-15(17)16-11-6-10-14(18(16)19(21,22)23)13-7-2-1-3-8-13/h1-12H. The number of alkyl halides is 3. The molecule has 0 saturated carbocycles. The molecule has 3 aromatic rings. The van der Waals surface area contributed by atoms with E-state index in [1.54, 1.807) is 30.3 Å². The Labute approximate surface area is 131 Å². The Balaban J connectivity index is 2.33. The van der Waals surface area contributed by atoms with Gasteiger partial charge >= 0.3 is 6.18 Å². The van der Waals surface area contributed by atoms with E-state index in [2.05, 4.69) is 0 Å². The number of benzene rings is 3. The Morgan fingerprint density at radius 1 is 0.565 bits per heavy atom. The molecular weight excluding hydrogens is 304 g/mol. The Hall–Kier alpha value is -2.62. The Bertz CT molecular complexity index is 820. The quantitative estimate of drug-likeness (QED) is 0.495. The summed E-state index contributed by atoms with van der Waals surface area (Å²) in [6.07, 6.45) is -4.59. The molecule has 0 heterocycles. The second-order valence-corrected chi connectivity index (χ2v) is 5.07. The van der Waals surface area contributed by atoms with E-state index in [4.69, 9.17) is 0 Å². The predicted octanol–water partition coefficient (Wildman–Crippen LogP) is 6.18. The van der Waals surface area contributed by atoms with Crippen molar-refractivity contribution in [3.63, 3.8) is 0 Å². The van der Waals surface area contributed by atoms with Gasteiger partial charge < -0.3 is 0 Å². The molecule has 0 bridgehead atoms. The van der Waals surface area contributed by atoms with Gasteiger partial charge in [-0.2, -0.15) is 13.2 Å². The zero-order valence-electron chi connectivity index (χ0n) is 11.9. The first-order valence-electron chi connectivity index (χ1n) is 6.99. The molecule has 0 aliphatic rings. The van der Waals surface area contributed by atoms with Crippen LogP contribution < -0.4 is 0 Å². The smallest absolute Gasteiger partial charge is 0.206 e. The van der Waals surface area contributed by atoms with Gasteiger partial charge in [0.2, 0.25) is 0 Å². The highest BCUT2D eigenvalue weighted by molar-refractivity contribution is 5.79. The van der Waals surface area contributed by atoms with Crippen molar-refractivity contribution in [1.82, 2.24) is 0 Å². The molecule has 116 valence electrons. The van der Waals surface area contributed by atoms with Crippen molar-refractivity contribution in [2.75, 3.05) is 0 Å². The molecule has 0 spiro atoms. The highest BCUT2D eigenvalue weighted by atomic mass is 19.4. The van der Waals surface area contributed by atoms with Crippen molar-refractivity contribution in [2.24, 2.45) is 0 Å². The number of rotatable bonds is 2. The maximum absolute atomic E-state index is 14.0. The summed E-state index contributed by atoms with van der Waals surface area (Å²) in [7, 11) is 0. The van der Waals surface area contributed by atoms with Crippen LogP contribution in [0.25, 0.3) is 22.3 Å². The molecule has 0 radical (unpaired) electrons. The average molecular weight is 316 g/mol. The molecule has 3 aromatic carbocycles. The van der Waals surface area contributed by atoms with Crippen LogP contribution in [0.5, 0.6) is 0 Å². The lowest BCUT2D eigenvalue weighted by Gasteiger charge is -2.18. The second-order valence-electron chi connectivity index (χ2n) is 5.07. The molecule has 4 heteroatoms. The van der Waals surface area contributed by atoms with Crippen LogP contribution in [0.4, 0.5) is 17.6 Å². The normalized spacial score (nSPS) is 11.5. The summed E-state index contributed by atoms with van der Waals surface area (Å²) < 4.78 is 55.1. The second kappa shape index (κ2) is 5.88. The molecule has 3 rings (SSSR count). The summed E-state index contributed by atoms with van der Waals surface area (Å²) in [6.45, 7) is 0. The topological polar surface area (TPSA) is 0 Å². The number of halogens is 4. The molecule has 0 atom stereocenters. The molecule has 0 unspecified atom stereocenters. The van der Waals surface area contributed by atoms with E-state index in [9.17, 15) is 17.6 Å². The van der Waals surface area contributed by atoms with Gasteiger partial charge in [0.25, 0.3) is 0 Å². The van der Waals surface area contributed by atoms with E-state index in [0.29, 0.717) is 5.56 Å². The van der Waals surface area contributed by atoms with E-state index in [-0.39, 0.29) is 16.7 Å². The van der Waals surface area contributed by atoms with Gasteiger partial charge in [-0.25, -0.2) is 4.39 Å². The minimum absolute atomic E-state index is 0.0406. The fraction of sp³-hybridized carbons (Fsp3) is 0.0526. The van der Waals surface area contributed by atoms with E-state index < -0.39 is 17.6 Å². The molecule has 0 aliphatic heterocycles. The van der Waals surface area contributed by atoms with E-state index >= 15 is 0 Å². The predicted molar refractivity (Wildman–Crippen MR) is 82.3 cm³/mol. The molecule has 0 aromatic heterocycles. The minimum atomic E-state index is -4.59. The Kier molecular flexibility index (Phi) is 3.90. The zero-order valence-corrected chi connectivity index (χ0v) is 11.9. The van der Waals surface area contributed by atoms with Crippen LogP contribution >= 0.6 is 0 Å². The Morgan fingerprint density at radius 2 is 1.13 bits per heavy atom. The van der Waals surface area contributed by atoms with Crippen molar-refractivity contribution in [2.45, 2.75) is 6.18 Å². The lowest BCUT2D eigenvalue weighted by Crippen LogP contribution is -2.10. The fourth-order valence-corrected chi connectivity index (χ4v) is 2.62. The van der Waals surface area contributed by atoms with Gasteiger partial charge in [0.05, 0.1) is 5.56 Å². The van der Waals surface area contributed by atoms with Crippen LogP contribution in [0.15, 0.2) is 72.8 Å². The van der Waals surface area contributed by atoms with Crippen LogP contribution in [0.3, 0.4) is 0 Å². The van der Waals surface area contributed by atoms with Crippen molar-refractivity contribution in [3.05, 3.63) is 84.2 Å². The summed E-state index contributed by atoms with van der Waals surface area (Å²) in [5.41, 5.74) is -0.553. The SMILES string of the molecule is Fc1ccccc1-c1cccc(-c2ccccc2)c1C(F)(F)F. The van der Waals surface area contributed by atoms with Gasteiger partial charge in [-0.05, 0) is 22.8 Å². The van der Waals surface area contributed by atoms with Crippen LogP contribution in [0, 0.1) is 5.82 Å². The Morgan fingerprint density at radius 3 is 1.78 bits per heavy atom. The first kappa shape index (κ1) is 15.3. The molecule has 0 aliphatic carbocycles.